The van der Waals surface area contributed by atoms with Gasteiger partial charge < -0.3 is 15.3 Å². The number of anilines is 1. The lowest BCUT2D eigenvalue weighted by atomic mass is 10.0. The van der Waals surface area contributed by atoms with E-state index >= 15 is 0 Å². The van der Waals surface area contributed by atoms with Crippen molar-refractivity contribution in [2.45, 2.75) is 19.8 Å². The standard InChI is InChI=1S/C27H35N5O/c1-7-21(19-32(5)6)22-11-10-12-23(16-22)26-30-18-25(24(17-28-4)15-20(2)3)27(31-26)29-13-8-9-14-33/h7,10-12,15-19,33H,1-2,8-9,13-14H2,3-6H3,(H,29,30,31)/b21-19+,24-15+,28-17-. The molecule has 1 heterocycles. The van der Waals surface area contributed by atoms with Gasteiger partial charge in [-0.2, -0.15) is 0 Å². The number of hydrogen-bond donors (Lipinski definition) is 2. The number of aromatic nitrogens is 2. The Morgan fingerprint density at radius 3 is 2.67 bits per heavy atom. The zero-order valence-corrected chi connectivity index (χ0v) is 20.2. The van der Waals surface area contributed by atoms with Crippen molar-refractivity contribution in [2.24, 2.45) is 4.99 Å². The number of nitrogens with zero attached hydrogens (tertiary/aromatic N) is 4. The van der Waals surface area contributed by atoms with Gasteiger partial charge >= 0.3 is 0 Å². The zero-order chi connectivity index (χ0) is 24.2. The summed E-state index contributed by atoms with van der Waals surface area (Å²) >= 11 is 0. The highest BCUT2D eigenvalue weighted by atomic mass is 16.2. The van der Waals surface area contributed by atoms with Gasteiger partial charge in [0.25, 0.3) is 0 Å². The second-order valence-electron chi connectivity index (χ2n) is 7.98. The van der Waals surface area contributed by atoms with Gasteiger partial charge in [-0.1, -0.05) is 49.1 Å². The molecule has 6 nitrogen and oxygen atoms in total. The maximum absolute atomic E-state index is 9.11. The summed E-state index contributed by atoms with van der Waals surface area (Å²) in [5.74, 6) is 1.35. The Hall–Kier alpha value is -3.51. The van der Waals surface area contributed by atoms with Crippen molar-refractivity contribution in [3.05, 3.63) is 78.7 Å². The monoisotopic (exact) mass is 445 g/mol. The number of benzene rings is 1. The Labute approximate surface area is 197 Å². The number of hydrogen-bond acceptors (Lipinski definition) is 6. The molecule has 0 aliphatic heterocycles. The van der Waals surface area contributed by atoms with Crippen molar-refractivity contribution in [2.75, 3.05) is 39.6 Å². The molecule has 174 valence electrons. The first-order valence-electron chi connectivity index (χ1n) is 11.0. The van der Waals surface area contributed by atoms with Gasteiger partial charge in [0, 0.05) is 69.6 Å². The minimum atomic E-state index is 0.172. The van der Waals surface area contributed by atoms with Crippen molar-refractivity contribution in [1.29, 1.82) is 0 Å². The Morgan fingerprint density at radius 1 is 1.24 bits per heavy atom. The second kappa shape index (κ2) is 13.1. The topological polar surface area (TPSA) is 73.6 Å². The Bertz CT molecular complexity index is 1050. The summed E-state index contributed by atoms with van der Waals surface area (Å²) in [5, 5.41) is 12.5. The van der Waals surface area contributed by atoms with E-state index in [9.17, 15) is 0 Å². The molecule has 0 amide bonds. The molecule has 2 rings (SSSR count). The third-order valence-corrected chi connectivity index (χ3v) is 4.72. The number of aliphatic hydroxyl groups is 1. The lowest BCUT2D eigenvalue weighted by molar-refractivity contribution is 0.286. The highest BCUT2D eigenvalue weighted by Crippen LogP contribution is 2.27. The molecule has 6 heteroatoms. The predicted octanol–water partition coefficient (Wildman–Crippen LogP) is 5.08. The summed E-state index contributed by atoms with van der Waals surface area (Å²) < 4.78 is 0. The van der Waals surface area contributed by atoms with E-state index in [1.807, 2.05) is 68.7 Å². The van der Waals surface area contributed by atoms with E-state index in [2.05, 4.69) is 34.5 Å². The number of aliphatic imine (C=N–C) groups is 1. The van der Waals surface area contributed by atoms with Gasteiger partial charge in [0.1, 0.15) is 5.82 Å². The molecule has 0 saturated heterocycles. The van der Waals surface area contributed by atoms with Crippen LogP contribution in [0.3, 0.4) is 0 Å². The number of allylic oxidation sites excluding steroid dienone is 5. The maximum Gasteiger partial charge on any atom is 0.161 e. The smallest absolute Gasteiger partial charge is 0.161 e. The lowest BCUT2D eigenvalue weighted by Crippen LogP contribution is -2.09. The summed E-state index contributed by atoms with van der Waals surface area (Å²) in [7, 11) is 5.71. The quantitative estimate of drug-likeness (QED) is 0.271. The number of aliphatic hydroxyl groups excluding tert-OH is 1. The average Bonchev–Trinajstić information content (AvgIpc) is 2.79. The van der Waals surface area contributed by atoms with Crippen LogP contribution in [-0.4, -0.2) is 60.5 Å². The van der Waals surface area contributed by atoms with E-state index in [1.165, 1.54) is 0 Å². The van der Waals surface area contributed by atoms with Crippen LogP contribution in [0.4, 0.5) is 5.82 Å². The van der Waals surface area contributed by atoms with Crippen LogP contribution in [0, 0.1) is 0 Å². The van der Waals surface area contributed by atoms with Crippen molar-refractivity contribution in [3.8, 4) is 11.4 Å². The molecule has 2 aromatic rings. The molecule has 0 fully saturated rings. The molecule has 33 heavy (non-hydrogen) atoms. The summed E-state index contributed by atoms with van der Waals surface area (Å²) in [6.07, 6.45) is 11.0. The van der Waals surface area contributed by atoms with Crippen LogP contribution >= 0.6 is 0 Å². The van der Waals surface area contributed by atoms with Crippen LogP contribution < -0.4 is 5.32 Å². The molecule has 0 unspecified atom stereocenters. The van der Waals surface area contributed by atoms with Crippen molar-refractivity contribution < 1.29 is 5.11 Å². The first-order chi connectivity index (χ1) is 15.9. The predicted molar refractivity (Wildman–Crippen MR) is 141 cm³/mol. The molecule has 0 saturated carbocycles. The van der Waals surface area contributed by atoms with Crippen LogP contribution in [0.25, 0.3) is 22.5 Å². The van der Waals surface area contributed by atoms with Gasteiger partial charge in [-0.15, -0.1) is 0 Å². The van der Waals surface area contributed by atoms with Crippen molar-refractivity contribution >= 4 is 23.2 Å². The van der Waals surface area contributed by atoms with E-state index in [-0.39, 0.29) is 6.61 Å². The van der Waals surface area contributed by atoms with Gasteiger partial charge in [0.2, 0.25) is 0 Å². The second-order valence-corrected chi connectivity index (χ2v) is 7.98. The molecule has 2 N–H and O–H groups in total. The molecular weight excluding hydrogens is 410 g/mol. The molecule has 1 aromatic heterocycles. The molecule has 0 aliphatic rings. The van der Waals surface area contributed by atoms with Gasteiger partial charge in [0.05, 0.1) is 0 Å². The average molecular weight is 446 g/mol. The van der Waals surface area contributed by atoms with Gasteiger partial charge in [-0.3, -0.25) is 4.99 Å². The molecule has 0 aliphatic carbocycles. The van der Waals surface area contributed by atoms with E-state index in [0.29, 0.717) is 12.4 Å². The third-order valence-electron chi connectivity index (χ3n) is 4.72. The molecular formula is C27H35N5O. The first-order valence-corrected chi connectivity index (χ1v) is 11.0. The highest BCUT2D eigenvalue weighted by Gasteiger charge is 2.13. The fraction of sp³-hybridized carbons (Fsp3) is 0.296. The Kier molecular flexibility index (Phi) is 10.2. The molecule has 0 atom stereocenters. The Morgan fingerprint density at radius 2 is 2.03 bits per heavy atom. The summed E-state index contributed by atoms with van der Waals surface area (Å²) in [6, 6.07) is 8.12. The highest BCUT2D eigenvalue weighted by molar-refractivity contribution is 6.12. The maximum atomic E-state index is 9.11. The van der Waals surface area contributed by atoms with E-state index in [0.717, 1.165) is 52.1 Å². The lowest BCUT2D eigenvalue weighted by Gasteiger charge is -2.14. The fourth-order valence-corrected chi connectivity index (χ4v) is 3.26. The number of rotatable bonds is 12. The molecule has 0 spiro atoms. The van der Waals surface area contributed by atoms with E-state index < -0.39 is 0 Å². The van der Waals surface area contributed by atoms with Crippen molar-refractivity contribution in [1.82, 2.24) is 14.9 Å². The molecule has 0 bridgehead atoms. The first kappa shape index (κ1) is 25.7. The molecule has 1 aromatic carbocycles. The summed E-state index contributed by atoms with van der Waals surface area (Å²) in [6.45, 7) is 10.8. The van der Waals surface area contributed by atoms with E-state index in [1.54, 1.807) is 13.3 Å². The zero-order valence-electron chi connectivity index (χ0n) is 20.2. The Balaban J connectivity index is 2.54. The minimum Gasteiger partial charge on any atom is -0.396 e. The number of nitrogens with one attached hydrogen (secondary N) is 1. The fourth-order valence-electron chi connectivity index (χ4n) is 3.26. The normalized spacial score (nSPS) is 12.2. The van der Waals surface area contributed by atoms with Crippen LogP contribution in [0.5, 0.6) is 0 Å². The van der Waals surface area contributed by atoms with Crippen molar-refractivity contribution in [3.63, 3.8) is 0 Å². The van der Waals surface area contributed by atoms with Gasteiger partial charge in [0.15, 0.2) is 5.82 Å². The molecule has 0 radical (unpaired) electrons. The summed E-state index contributed by atoms with van der Waals surface area (Å²) in [4.78, 5) is 15.7. The van der Waals surface area contributed by atoms with Crippen LogP contribution in [0.1, 0.15) is 30.9 Å². The van der Waals surface area contributed by atoms with Crippen LogP contribution in [0.15, 0.2) is 72.5 Å². The van der Waals surface area contributed by atoms with Crippen LogP contribution in [0.2, 0.25) is 0 Å². The SMILES string of the molecule is C=C/C(=C\N(C)C)c1cccc(-c2ncc(C(/C=N\C)=C/C(=C)C)c(NCCCCO)n2)c1. The minimum absolute atomic E-state index is 0.172. The summed E-state index contributed by atoms with van der Waals surface area (Å²) in [5.41, 5.74) is 5.63. The van der Waals surface area contributed by atoms with Gasteiger partial charge in [-0.05, 0) is 37.0 Å². The third kappa shape index (κ3) is 7.84. The number of unbranched alkanes of at least 4 members (excludes halogenated alkanes) is 1. The van der Waals surface area contributed by atoms with Gasteiger partial charge in [-0.25, -0.2) is 9.97 Å². The largest absolute Gasteiger partial charge is 0.396 e. The van der Waals surface area contributed by atoms with Crippen LogP contribution in [-0.2, 0) is 0 Å². The van der Waals surface area contributed by atoms with E-state index in [4.69, 9.17) is 10.1 Å².